The lowest BCUT2D eigenvalue weighted by molar-refractivity contribution is -0.139. The van der Waals surface area contributed by atoms with Crippen LogP contribution in [-0.4, -0.2) is 25.5 Å². The van der Waals surface area contributed by atoms with Gasteiger partial charge in [0.15, 0.2) is 0 Å². The Balaban J connectivity index is 2.56. The minimum absolute atomic E-state index is 0.0204. The number of carboxylic acid groups (broad SMARTS) is 1. The van der Waals surface area contributed by atoms with E-state index in [0.717, 1.165) is 0 Å². The van der Waals surface area contributed by atoms with Crippen molar-refractivity contribution in [3.8, 4) is 0 Å². The molecular formula is C14H16N2O4S. The van der Waals surface area contributed by atoms with Crippen LogP contribution in [0.5, 0.6) is 0 Å². The summed E-state index contributed by atoms with van der Waals surface area (Å²) in [6.07, 6.45) is 0.154. The van der Waals surface area contributed by atoms with Crippen molar-refractivity contribution in [2.45, 2.75) is 24.3 Å². The van der Waals surface area contributed by atoms with Gasteiger partial charge < -0.3 is 10.8 Å². The fourth-order valence-electron chi connectivity index (χ4n) is 2.09. The summed E-state index contributed by atoms with van der Waals surface area (Å²) in [5, 5.41) is 10.1. The van der Waals surface area contributed by atoms with Crippen molar-refractivity contribution in [2.75, 3.05) is 5.73 Å². The lowest BCUT2D eigenvalue weighted by Gasteiger charge is -2.15. The fourth-order valence-corrected chi connectivity index (χ4v) is 3.57. The van der Waals surface area contributed by atoms with Gasteiger partial charge in [0, 0.05) is 16.5 Å². The zero-order valence-corrected chi connectivity index (χ0v) is 12.2. The van der Waals surface area contributed by atoms with E-state index < -0.39 is 22.0 Å². The number of nitrogen functional groups attached to an aromatic ring is 1. The van der Waals surface area contributed by atoms with Crippen LogP contribution in [0.4, 0.5) is 5.69 Å². The predicted molar refractivity (Wildman–Crippen MR) is 80.4 cm³/mol. The molecule has 0 amide bonds. The van der Waals surface area contributed by atoms with Crippen molar-refractivity contribution < 1.29 is 18.3 Å². The third-order valence-electron chi connectivity index (χ3n) is 3.21. The van der Waals surface area contributed by atoms with E-state index in [4.69, 9.17) is 10.8 Å². The summed E-state index contributed by atoms with van der Waals surface area (Å²) in [7, 11) is -3.95. The molecule has 0 aliphatic heterocycles. The Kier molecular flexibility index (Phi) is 4.15. The van der Waals surface area contributed by atoms with Crippen LogP contribution in [0.1, 0.15) is 13.3 Å². The molecule has 2 aromatic rings. The zero-order chi connectivity index (χ0) is 15.6. The molecule has 112 valence electrons. The largest absolute Gasteiger partial charge is 0.480 e. The number of carboxylic acids is 1. The molecule has 0 fully saturated rings. The van der Waals surface area contributed by atoms with Crippen LogP contribution >= 0.6 is 0 Å². The Morgan fingerprint density at radius 3 is 2.43 bits per heavy atom. The molecule has 2 aromatic carbocycles. The maximum absolute atomic E-state index is 12.4. The molecule has 0 bridgehead atoms. The van der Waals surface area contributed by atoms with Gasteiger partial charge in [0.1, 0.15) is 6.04 Å². The SMILES string of the molecule is CCC(NS(=O)(=O)c1ccc(N)c2ccccc12)C(=O)O. The quantitative estimate of drug-likeness (QED) is 0.726. The maximum Gasteiger partial charge on any atom is 0.321 e. The highest BCUT2D eigenvalue weighted by molar-refractivity contribution is 7.89. The zero-order valence-electron chi connectivity index (χ0n) is 11.4. The number of fused-ring (bicyclic) bond motifs is 1. The van der Waals surface area contributed by atoms with E-state index in [9.17, 15) is 13.2 Å². The Labute approximate surface area is 122 Å². The minimum atomic E-state index is -3.95. The van der Waals surface area contributed by atoms with Gasteiger partial charge in [-0.25, -0.2) is 8.42 Å². The van der Waals surface area contributed by atoms with Gasteiger partial charge in [0.05, 0.1) is 4.90 Å². The summed E-state index contributed by atoms with van der Waals surface area (Å²) >= 11 is 0. The van der Waals surface area contributed by atoms with E-state index in [-0.39, 0.29) is 11.3 Å². The number of hydrogen-bond acceptors (Lipinski definition) is 4. The molecule has 7 heteroatoms. The second kappa shape index (κ2) is 5.71. The van der Waals surface area contributed by atoms with Crippen molar-refractivity contribution in [1.82, 2.24) is 4.72 Å². The molecular weight excluding hydrogens is 292 g/mol. The summed E-state index contributed by atoms with van der Waals surface area (Å²) < 4.78 is 27.0. The molecule has 0 aromatic heterocycles. The molecule has 1 unspecified atom stereocenters. The van der Waals surface area contributed by atoms with E-state index >= 15 is 0 Å². The van der Waals surface area contributed by atoms with Gasteiger partial charge in [-0.1, -0.05) is 31.2 Å². The normalized spacial score (nSPS) is 13.2. The number of aliphatic carboxylic acids is 1. The van der Waals surface area contributed by atoms with Gasteiger partial charge in [0.2, 0.25) is 10.0 Å². The van der Waals surface area contributed by atoms with Crippen molar-refractivity contribution in [3.05, 3.63) is 36.4 Å². The first-order valence-electron chi connectivity index (χ1n) is 6.39. The van der Waals surface area contributed by atoms with Crippen LogP contribution in [0.2, 0.25) is 0 Å². The molecule has 4 N–H and O–H groups in total. The topological polar surface area (TPSA) is 109 Å². The molecule has 6 nitrogen and oxygen atoms in total. The number of nitrogens with one attached hydrogen (secondary N) is 1. The minimum Gasteiger partial charge on any atom is -0.480 e. The number of sulfonamides is 1. The van der Waals surface area contributed by atoms with Crippen molar-refractivity contribution in [2.24, 2.45) is 0 Å². The lowest BCUT2D eigenvalue weighted by Crippen LogP contribution is -2.40. The molecule has 0 saturated carbocycles. The summed E-state index contributed by atoms with van der Waals surface area (Å²) in [5.74, 6) is -1.21. The molecule has 21 heavy (non-hydrogen) atoms. The molecule has 0 radical (unpaired) electrons. The summed E-state index contributed by atoms with van der Waals surface area (Å²) in [5.41, 5.74) is 6.30. The van der Waals surface area contributed by atoms with Gasteiger partial charge in [-0.3, -0.25) is 4.79 Å². The van der Waals surface area contributed by atoms with Crippen molar-refractivity contribution in [3.63, 3.8) is 0 Å². The van der Waals surface area contributed by atoms with Gasteiger partial charge in [-0.05, 0) is 18.6 Å². The number of nitrogens with two attached hydrogens (primary N) is 1. The van der Waals surface area contributed by atoms with Gasteiger partial charge in [-0.15, -0.1) is 0 Å². The summed E-state index contributed by atoms with van der Waals surface area (Å²) in [6, 6.07) is 8.54. The fraction of sp³-hybridized carbons (Fsp3) is 0.214. The first-order chi connectivity index (χ1) is 9.86. The third-order valence-corrected chi connectivity index (χ3v) is 4.74. The second-order valence-electron chi connectivity index (χ2n) is 4.62. The van der Waals surface area contributed by atoms with Crippen LogP contribution in [-0.2, 0) is 14.8 Å². The smallest absolute Gasteiger partial charge is 0.321 e. The first kappa shape index (κ1) is 15.3. The summed E-state index contributed by atoms with van der Waals surface area (Å²) in [4.78, 5) is 11.0. The summed E-state index contributed by atoms with van der Waals surface area (Å²) in [6.45, 7) is 1.60. The van der Waals surface area contributed by atoms with Gasteiger partial charge >= 0.3 is 5.97 Å². The van der Waals surface area contributed by atoms with Gasteiger partial charge in [0.25, 0.3) is 0 Å². The predicted octanol–water partition coefficient (Wildman–Crippen LogP) is 1.56. The number of carbonyl (C=O) groups is 1. The Morgan fingerprint density at radius 1 is 1.24 bits per heavy atom. The molecule has 0 spiro atoms. The number of benzene rings is 2. The first-order valence-corrected chi connectivity index (χ1v) is 7.87. The van der Waals surface area contributed by atoms with Crippen molar-refractivity contribution >= 4 is 32.5 Å². The number of anilines is 1. The Hall–Kier alpha value is -2.12. The van der Waals surface area contributed by atoms with Crippen LogP contribution in [0.15, 0.2) is 41.3 Å². The van der Waals surface area contributed by atoms with E-state index in [1.165, 1.54) is 12.1 Å². The number of hydrogen-bond donors (Lipinski definition) is 3. The average molecular weight is 308 g/mol. The maximum atomic E-state index is 12.4. The van der Waals surface area contributed by atoms with Crippen molar-refractivity contribution in [1.29, 1.82) is 0 Å². The molecule has 0 aliphatic carbocycles. The monoisotopic (exact) mass is 308 g/mol. The van der Waals surface area contributed by atoms with Crippen LogP contribution in [0.3, 0.4) is 0 Å². The Bertz CT molecular complexity index is 787. The van der Waals surface area contributed by atoms with Crippen LogP contribution in [0.25, 0.3) is 10.8 Å². The van der Waals surface area contributed by atoms with Crippen LogP contribution in [0, 0.1) is 0 Å². The van der Waals surface area contributed by atoms with Crippen LogP contribution < -0.4 is 10.5 Å². The number of rotatable bonds is 5. The molecule has 0 aliphatic rings. The molecule has 0 heterocycles. The Morgan fingerprint density at radius 2 is 1.86 bits per heavy atom. The van der Waals surface area contributed by atoms with Gasteiger partial charge in [-0.2, -0.15) is 4.72 Å². The molecule has 0 saturated heterocycles. The highest BCUT2D eigenvalue weighted by Gasteiger charge is 2.25. The molecule has 2 rings (SSSR count). The molecule has 1 atom stereocenters. The highest BCUT2D eigenvalue weighted by Crippen LogP contribution is 2.27. The standard InChI is InChI=1S/C14H16N2O4S/c1-2-12(14(17)18)16-21(19,20)13-8-7-11(15)9-5-3-4-6-10(9)13/h3-8,12,16H,2,15H2,1H3,(H,17,18). The second-order valence-corrected chi connectivity index (χ2v) is 6.30. The van der Waals surface area contributed by atoms with E-state index in [2.05, 4.69) is 4.72 Å². The van der Waals surface area contributed by atoms with E-state index in [1.54, 1.807) is 31.2 Å². The van der Waals surface area contributed by atoms with E-state index in [1.807, 2.05) is 0 Å². The highest BCUT2D eigenvalue weighted by atomic mass is 32.2. The average Bonchev–Trinajstić information content (AvgIpc) is 2.45. The lowest BCUT2D eigenvalue weighted by atomic mass is 10.1. The third kappa shape index (κ3) is 2.98. The van der Waals surface area contributed by atoms with E-state index in [0.29, 0.717) is 16.5 Å².